The second kappa shape index (κ2) is 8.55. The number of furan rings is 1. The Morgan fingerprint density at radius 1 is 0.938 bits per heavy atom. The van der Waals surface area contributed by atoms with Gasteiger partial charge in [-0.25, -0.2) is 4.39 Å². The molecule has 0 saturated heterocycles. The third-order valence-corrected chi connectivity index (χ3v) is 5.17. The molecule has 0 saturated carbocycles. The van der Waals surface area contributed by atoms with E-state index in [2.05, 4.69) is 5.32 Å². The molecular weight excluding hydrogens is 413 g/mol. The number of hydrogen-bond acceptors (Lipinski definition) is 5. The van der Waals surface area contributed by atoms with Gasteiger partial charge in [-0.3, -0.25) is 9.59 Å². The number of aryl methyl sites for hydroxylation is 1. The molecule has 1 N–H and O–H groups in total. The molecule has 0 fully saturated rings. The zero-order chi connectivity index (χ0) is 22.8. The van der Waals surface area contributed by atoms with Crippen LogP contribution in [0.3, 0.4) is 0 Å². The fourth-order valence-corrected chi connectivity index (χ4v) is 3.47. The number of ketones is 1. The van der Waals surface area contributed by atoms with Crippen LogP contribution in [-0.4, -0.2) is 25.9 Å². The number of ether oxygens (including phenoxy) is 2. The molecule has 32 heavy (non-hydrogen) atoms. The highest BCUT2D eigenvalue weighted by molar-refractivity contribution is 6.12. The smallest absolute Gasteiger partial charge is 0.258 e. The number of benzene rings is 3. The zero-order valence-electron chi connectivity index (χ0n) is 17.7. The quantitative estimate of drug-likeness (QED) is 0.413. The lowest BCUT2D eigenvalue weighted by molar-refractivity contribution is 0.100. The Labute approximate surface area is 183 Å². The Kier molecular flexibility index (Phi) is 5.64. The summed E-state index contributed by atoms with van der Waals surface area (Å²) in [4.78, 5) is 25.7. The minimum atomic E-state index is -0.606. The number of rotatable bonds is 6. The van der Waals surface area contributed by atoms with E-state index in [1.54, 1.807) is 49.4 Å². The van der Waals surface area contributed by atoms with Crippen LogP contribution >= 0.6 is 0 Å². The summed E-state index contributed by atoms with van der Waals surface area (Å²) in [5.41, 5.74) is 1.79. The maximum Gasteiger partial charge on any atom is 0.258 e. The first-order valence-corrected chi connectivity index (χ1v) is 9.78. The highest BCUT2D eigenvalue weighted by Crippen LogP contribution is 2.32. The molecule has 4 aromatic rings. The first-order chi connectivity index (χ1) is 15.4. The Morgan fingerprint density at radius 3 is 2.44 bits per heavy atom. The molecule has 1 amide bonds. The monoisotopic (exact) mass is 433 g/mol. The molecule has 0 aliphatic rings. The number of fused-ring (bicyclic) bond motifs is 1. The third kappa shape index (κ3) is 3.80. The van der Waals surface area contributed by atoms with E-state index in [4.69, 9.17) is 13.9 Å². The van der Waals surface area contributed by atoms with Gasteiger partial charge in [-0.1, -0.05) is 12.1 Å². The second-order valence-electron chi connectivity index (χ2n) is 7.10. The van der Waals surface area contributed by atoms with Crippen molar-refractivity contribution >= 4 is 28.3 Å². The van der Waals surface area contributed by atoms with Gasteiger partial charge in [-0.2, -0.15) is 0 Å². The molecule has 0 bridgehead atoms. The van der Waals surface area contributed by atoms with E-state index in [-0.39, 0.29) is 17.1 Å². The molecule has 0 spiro atoms. The molecule has 1 heterocycles. The van der Waals surface area contributed by atoms with Gasteiger partial charge in [-0.05, 0) is 55.5 Å². The highest BCUT2D eigenvalue weighted by Gasteiger charge is 2.23. The maximum atomic E-state index is 13.9. The van der Waals surface area contributed by atoms with Crippen molar-refractivity contribution in [1.82, 2.24) is 0 Å². The largest absolute Gasteiger partial charge is 0.497 e. The highest BCUT2D eigenvalue weighted by atomic mass is 19.1. The molecule has 0 atom stereocenters. The molecular formula is C25H20FNO5. The van der Waals surface area contributed by atoms with E-state index >= 15 is 0 Å². The molecule has 6 nitrogen and oxygen atoms in total. The van der Waals surface area contributed by atoms with Crippen LogP contribution in [0, 0.1) is 12.7 Å². The molecule has 4 rings (SSSR count). The summed E-state index contributed by atoms with van der Waals surface area (Å²) in [6, 6.07) is 15.7. The van der Waals surface area contributed by atoms with Crippen LogP contribution < -0.4 is 14.8 Å². The van der Waals surface area contributed by atoms with Crippen LogP contribution in [0.5, 0.6) is 11.5 Å². The number of hydrogen-bond donors (Lipinski definition) is 1. The maximum absolute atomic E-state index is 13.9. The molecule has 0 radical (unpaired) electrons. The zero-order valence-corrected chi connectivity index (χ0v) is 17.7. The van der Waals surface area contributed by atoms with Crippen LogP contribution in [0.2, 0.25) is 0 Å². The van der Waals surface area contributed by atoms with Crippen molar-refractivity contribution in [3.63, 3.8) is 0 Å². The normalized spacial score (nSPS) is 10.8. The summed E-state index contributed by atoms with van der Waals surface area (Å²) in [6.07, 6.45) is 0. The Bertz CT molecular complexity index is 1340. The van der Waals surface area contributed by atoms with Gasteiger partial charge in [-0.15, -0.1) is 0 Å². The van der Waals surface area contributed by atoms with Gasteiger partial charge in [0.25, 0.3) is 5.91 Å². The predicted molar refractivity (Wildman–Crippen MR) is 118 cm³/mol. The molecule has 7 heteroatoms. The minimum Gasteiger partial charge on any atom is -0.497 e. The van der Waals surface area contributed by atoms with Gasteiger partial charge in [0.2, 0.25) is 5.78 Å². The number of carbonyl (C=O) groups is 2. The summed E-state index contributed by atoms with van der Waals surface area (Å²) in [5.74, 6) is -0.461. The van der Waals surface area contributed by atoms with Gasteiger partial charge in [0.15, 0.2) is 5.76 Å². The Hall–Kier alpha value is -4.13. The number of methoxy groups -OCH3 is 2. The van der Waals surface area contributed by atoms with E-state index in [0.29, 0.717) is 39.3 Å². The average Bonchev–Trinajstić information content (AvgIpc) is 3.14. The van der Waals surface area contributed by atoms with Crippen LogP contribution in [0.25, 0.3) is 11.0 Å². The fraction of sp³-hybridized carbons (Fsp3) is 0.120. The lowest BCUT2D eigenvalue weighted by Crippen LogP contribution is -2.13. The van der Waals surface area contributed by atoms with E-state index in [1.807, 2.05) is 0 Å². The first kappa shape index (κ1) is 21.1. The van der Waals surface area contributed by atoms with Crippen molar-refractivity contribution in [2.45, 2.75) is 6.92 Å². The molecule has 0 aliphatic heterocycles. The number of amides is 1. The van der Waals surface area contributed by atoms with Gasteiger partial charge in [0, 0.05) is 16.6 Å². The molecule has 162 valence electrons. The van der Waals surface area contributed by atoms with Gasteiger partial charge < -0.3 is 19.2 Å². The minimum absolute atomic E-state index is 0.0579. The average molecular weight is 433 g/mol. The second-order valence-corrected chi connectivity index (χ2v) is 7.10. The van der Waals surface area contributed by atoms with Gasteiger partial charge in [0.05, 0.1) is 25.3 Å². The lowest BCUT2D eigenvalue weighted by Gasteiger charge is -2.09. The van der Waals surface area contributed by atoms with Crippen molar-refractivity contribution in [3.8, 4) is 11.5 Å². The molecule has 0 unspecified atom stereocenters. The number of nitrogens with one attached hydrogen (secondary N) is 1. The summed E-state index contributed by atoms with van der Waals surface area (Å²) < 4.78 is 30.3. The van der Waals surface area contributed by atoms with Crippen molar-refractivity contribution in [2.24, 2.45) is 0 Å². The van der Waals surface area contributed by atoms with E-state index in [9.17, 15) is 14.0 Å². The fourth-order valence-electron chi connectivity index (χ4n) is 3.47. The standard InChI is InChI=1S/C25H20FNO5/c1-14-18-12-15(27-25(29)17-6-4-5-7-20(17)26)8-10-22(18)32-24(14)23(28)19-13-16(30-2)9-11-21(19)31-3/h4-13H,1-3H3,(H,27,29). The third-order valence-electron chi connectivity index (χ3n) is 5.17. The van der Waals surface area contributed by atoms with E-state index in [1.165, 1.54) is 32.4 Å². The number of halogens is 1. The number of carbonyl (C=O) groups excluding carboxylic acids is 2. The van der Waals surface area contributed by atoms with Crippen LogP contribution in [0.15, 0.2) is 65.1 Å². The molecule has 1 aromatic heterocycles. The summed E-state index contributed by atoms with van der Waals surface area (Å²) >= 11 is 0. The van der Waals surface area contributed by atoms with Gasteiger partial charge >= 0.3 is 0 Å². The summed E-state index contributed by atoms with van der Waals surface area (Å²) in [6.45, 7) is 1.76. The SMILES string of the molecule is COc1ccc(OC)c(C(=O)c2oc3ccc(NC(=O)c4ccccc4F)cc3c2C)c1. The van der Waals surface area contributed by atoms with Crippen molar-refractivity contribution in [3.05, 3.63) is 88.9 Å². The van der Waals surface area contributed by atoms with Crippen molar-refractivity contribution in [1.29, 1.82) is 0 Å². The summed E-state index contributed by atoms with van der Waals surface area (Å²) in [5, 5.41) is 3.33. The van der Waals surface area contributed by atoms with Crippen LogP contribution in [0.4, 0.5) is 10.1 Å². The Balaban J connectivity index is 1.69. The molecule has 3 aromatic carbocycles. The van der Waals surface area contributed by atoms with Crippen LogP contribution in [-0.2, 0) is 0 Å². The van der Waals surface area contributed by atoms with Crippen molar-refractivity contribution in [2.75, 3.05) is 19.5 Å². The predicted octanol–water partition coefficient (Wildman–Crippen LogP) is 5.38. The van der Waals surface area contributed by atoms with Crippen molar-refractivity contribution < 1.29 is 27.9 Å². The molecule has 0 aliphatic carbocycles. The topological polar surface area (TPSA) is 77.8 Å². The number of anilines is 1. The summed E-state index contributed by atoms with van der Waals surface area (Å²) in [7, 11) is 2.99. The van der Waals surface area contributed by atoms with E-state index in [0.717, 1.165) is 0 Å². The van der Waals surface area contributed by atoms with E-state index < -0.39 is 11.7 Å². The Morgan fingerprint density at radius 2 is 1.72 bits per heavy atom. The first-order valence-electron chi connectivity index (χ1n) is 9.78. The lowest BCUT2D eigenvalue weighted by atomic mass is 10.0. The van der Waals surface area contributed by atoms with Gasteiger partial charge in [0.1, 0.15) is 22.9 Å². The van der Waals surface area contributed by atoms with Crippen LogP contribution in [0.1, 0.15) is 32.0 Å².